The minimum absolute atomic E-state index is 0.0391. The summed E-state index contributed by atoms with van der Waals surface area (Å²) >= 11 is 0. The fraction of sp³-hybridized carbons (Fsp3) is 0.400. The molecule has 0 atom stereocenters. The number of rotatable bonds is 9. The Morgan fingerprint density at radius 2 is 1.00 bits per heavy atom. The first-order valence-electron chi connectivity index (χ1n) is 8.96. The zero-order chi connectivity index (χ0) is 20.9. The van der Waals surface area contributed by atoms with Gasteiger partial charge in [0.05, 0.1) is 23.0 Å². The number of aryl methyl sites for hydroxylation is 4. The SMILES string of the molecule is Cc1ccc(C)c(S(=O)(=O)OCCCCOS(=O)(=O)c2cc(C)ccc2C)c1. The molecule has 0 aliphatic rings. The van der Waals surface area contributed by atoms with E-state index in [0.29, 0.717) is 24.0 Å². The first kappa shape index (κ1) is 22.5. The molecule has 0 aliphatic carbocycles. The first-order chi connectivity index (χ1) is 13.0. The van der Waals surface area contributed by atoms with E-state index in [1.807, 2.05) is 26.0 Å². The normalized spacial score (nSPS) is 12.3. The number of hydrogen-bond donors (Lipinski definition) is 0. The van der Waals surface area contributed by atoms with Crippen molar-refractivity contribution in [3.8, 4) is 0 Å². The average molecular weight is 427 g/mol. The van der Waals surface area contributed by atoms with Crippen LogP contribution in [0.3, 0.4) is 0 Å². The van der Waals surface area contributed by atoms with Gasteiger partial charge in [-0.15, -0.1) is 0 Å². The molecule has 0 aliphatic heterocycles. The van der Waals surface area contributed by atoms with Crippen molar-refractivity contribution in [2.75, 3.05) is 13.2 Å². The summed E-state index contributed by atoms with van der Waals surface area (Å²) in [5.74, 6) is 0. The molecule has 0 aromatic heterocycles. The zero-order valence-corrected chi connectivity index (χ0v) is 18.2. The molecule has 0 saturated heterocycles. The van der Waals surface area contributed by atoms with Gasteiger partial charge in [0.1, 0.15) is 0 Å². The van der Waals surface area contributed by atoms with Crippen LogP contribution in [0.1, 0.15) is 35.1 Å². The summed E-state index contributed by atoms with van der Waals surface area (Å²) in [4.78, 5) is 0.308. The predicted molar refractivity (Wildman–Crippen MR) is 107 cm³/mol. The lowest BCUT2D eigenvalue weighted by Crippen LogP contribution is -2.12. The molecule has 28 heavy (non-hydrogen) atoms. The minimum atomic E-state index is -3.84. The summed E-state index contributed by atoms with van der Waals surface area (Å²) in [5, 5.41) is 0. The molecule has 2 rings (SSSR count). The maximum Gasteiger partial charge on any atom is 0.297 e. The van der Waals surface area contributed by atoms with E-state index in [0.717, 1.165) is 11.1 Å². The Hall–Kier alpha value is -1.74. The molecule has 2 aromatic rings. The van der Waals surface area contributed by atoms with Crippen molar-refractivity contribution >= 4 is 20.2 Å². The molecule has 0 N–H and O–H groups in total. The van der Waals surface area contributed by atoms with Crippen LogP contribution in [-0.2, 0) is 28.6 Å². The smallest absolute Gasteiger partial charge is 0.266 e. The van der Waals surface area contributed by atoms with Crippen LogP contribution in [0, 0.1) is 27.7 Å². The second-order valence-electron chi connectivity index (χ2n) is 6.80. The summed E-state index contributed by atoms with van der Waals surface area (Å²) in [6.45, 7) is 6.97. The van der Waals surface area contributed by atoms with E-state index in [2.05, 4.69) is 0 Å². The van der Waals surface area contributed by atoms with Gasteiger partial charge in [0.2, 0.25) is 0 Å². The summed E-state index contributed by atoms with van der Waals surface area (Å²) < 4.78 is 59.3. The van der Waals surface area contributed by atoms with E-state index in [1.165, 1.54) is 0 Å². The van der Waals surface area contributed by atoms with Gasteiger partial charge in [0.15, 0.2) is 0 Å². The number of hydrogen-bond acceptors (Lipinski definition) is 6. The molecule has 6 nitrogen and oxygen atoms in total. The van der Waals surface area contributed by atoms with Crippen molar-refractivity contribution in [2.24, 2.45) is 0 Å². The Labute approximate surface area is 167 Å². The summed E-state index contributed by atoms with van der Waals surface area (Å²) in [6, 6.07) is 10.3. The average Bonchev–Trinajstić information content (AvgIpc) is 2.61. The standard InChI is InChI=1S/C20H26O6S2/c1-15-7-9-17(3)19(13-15)27(21,22)25-11-5-6-12-26-28(23,24)20-14-16(2)8-10-18(20)4/h7-10,13-14H,5-6,11-12H2,1-4H3. The quantitative estimate of drug-likeness (QED) is 0.448. The third-order valence-electron chi connectivity index (χ3n) is 4.24. The molecule has 154 valence electrons. The van der Waals surface area contributed by atoms with Gasteiger partial charge in [0.25, 0.3) is 20.2 Å². The van der Waals surface area contributed by atoms with Crippen LogP contribution < -0.4 is 0 Å². The van der Waals surface area contributed by atoms with E-state index in [1.54, 1.807) is 38.1 Å². The van der Waals surface area contributed by atoms with Gasteiger partial charge in [-0.2, -0.15) is 16.8 Å². The van der Waals surface area contributed by atoms with E-state index in [4.69, 9.17) is 8.37 Å². The molecule has 0 bridgehead atoms. The lowest BCUT2D eigenvalue weighted by Gasteiger charge is -2.10. The maximum absolute atomic E-state index is 12.3. The Balaban J connectivity index is 1.85. The number of benzene rings is 2. The van der Waals surface area contributed by atoms with Crippen LogP contribution in [0.5, 0.6) is 0 Å². The van der Waals surface area contributed by atoms with Crippen LogP contribution in [-0.4, -0.2) is 30.0 Å². The molecular formula is C20H26O6S2. The molecule has 8 heteroatoms. The van der Waals surface area contributed by atoms with Gasteiger partial charge in [-0.05, 0) is 74.9 Å². The Morgan fingerprint density at radius 3 is 1.36 bits per heavy atom. The summed E-state index contributed by atoms with van der Waals surface area (Å²) in [7, 11) is -7.68. The largest absolute Gasteiger partial charge is 0.297 e. The topological polar surface area (TPSA) is 86.7 Å². The highest BCUT2D eigenvalue weighted by atomic mass is 32.2. The molecule has 0 amide bonds. The lowest BCUT2D eigenvalue weighted by atomic mass is 10.2. The third kappa shape index (κ3) is 5.88. The molecular weight excluding hydrogens is 400 g/mol. The second-order valence-corrected chi connectivity index (χ2v) is 9.96. The molecule has 0 spiro atoms. The lowest BCUT2D eigenvalue weighted by molar-refractivity contribution is 0.270. The van der Waals surface area contributed by atoms with Crippen molar-refractivity contribution < 1.29 is 25.2 Å². The number of unbranched alkanes of at least 4 members (excludes halogenated alkanes) is 1. The van der Waals surface area contributed by atoms with E-state index in [9.17, 15) is 16.8 Å². The third-order valence-corrected chi connectivity index (χ3v) is 7.15. The van der Waals surface area contributed by atoms with Gasteiger partial charge >= 0.3 is 0 Å². The van der Waals surface area contributed by atoms with E-state index in [-0.39, 0.29) is 23.0 Å². The summed E-state index contributed by atoms with van der Waals surface area (Å²) in [6.07, 6.45) is 0.707. The van der Waals surface area contributed by atoms with Gasteiger partial charge < -0.3 is 0 Å². The molecule has 0 saturated carbocycles. The van der Waals surface area contributed by atoms with Gasteiger partial charge in [-0.25, -0.2) is 0 Å². The van der Waals surface area contributed by atoms with Crippen LogP contribution >= 0.6 is 0 Å². The van der Waals surface area contributed by atoms with Crippen LogP contribution in [0.4, 0.5) is 0 Å². The fourth-order valence-corrected chi connectivity index (χ4v) is 5.14. The van der Waals surface area contributed by atoms with Crippen LogP contribution in [0.15, 0.2) is 46.2 Å². The zero-order valence-electron chi connectivity index (χ0n) is 16.6. The molecule has 0 unspecified atom stereocenters. The highest BCUT2D eigenvalue weighted by molar-refractivity contribution is 7.87. The van der Waals surface area contributed by atoms with Crippen LogP contribution in [0.2, 0.25) is 0 Å². The van der Waals surface area contributed by atoms with Crippen molar-refractivity contribution in [3.05, 3.63) is 58.7 Å². The molecule has 0 fully saturated rings. The second kappa shape index (κ2) is 9.17. The van der Waals surface area contributed by atoms with Gasteiger partial charge in [0, 0.05) is 0 Å². The van der Waals surface area contributed by atoms with E-state index >= 15 is 0 Å². The highest BCUT2D eigenvalue weighted by Gasteiger charge is 2.19. The Kier molecular flexibility index (Phi) is 7.39. The van der Waals surface area contributed by atoms with Crippen molar-refractivity contribution in [1.82, 2.24) is 0 Å². The first-order valence-corrected chi connectivity index (χ1v) is 11.8. The molecule has 0 heterocycles. The summed E-state index contributed by atoms with van der Waals surface area (Å²) in [5.41, 5.74) is 2.90. The van der Waals surface area contributed by atoms with Crippen molar-refractivity contribution in [1.29, 1.82) is 0 Å². The Bertz CT molecular complexity index is 955. The van der Waals surface area contributed by atoms with Crippen LogP contribution in [0.25, 0.3) is 0 Å². The van der Waals surface area contributed by atoms with Crippen molar-refractivity contribution in [3.63, 3.8) is 0 Å². The predicted octanol–water partition coefficient (Wildman–Crippen LogP) is 3.81. The van der Waals surface area contributed by atoms with E-state index < -0.39 is 20.2 Å². The molecule has 2 aromatic carbocycles. The highest BCUT2D eigenvalue weighted by Crippen LogP contribution is 2.21. The van der Waals surface area contributed by atoms with Crippen molar-refractivity contribution in [2.45, 2.75) is 50.3 Å². The molecule has 0 radical (unpaired) electrons. The minimum Gasteiger partial charge on any atom is -0.266 e. The maximum atomic E-state index is 12.3. The Morgan fingerprint density at radius 1 is 0.643 bits per heavy atom. The monoisotopic (exact) mass is 426 g/mol. The van der Waals surface area contributed by atoms with Gasteiger partial charge in [-0.3, -0.25) is 8.37 Å². The fourth-order valence-electron chi connectivity index (χ4n) is 2.62. The van der Waals surface area contributed by atoms with Gasteiger partial charge in [-0.1, -0.05) is 24.3 Å².